The fourth-order valence-electron chi connectivity index (χ4n) is 2.90. The van der Waals surface area contributed by atoms with E-state index < -0.39 is 0 Å². The summed E-state index contributed by atoms with van der Waals surface area (Å²) >= 11 is 1.93. The molecule has 0 atom stereocenters. The maximum atomic E-state index is 12.0. The molecule has 96 valence electrons. The summed E-state index contributed by atoms with van der Waals surface area (Å²) in [5.74, 6) is 3.02. The third-order valence-corrected chi connectivity index (χ3v) is 5.13. The Labute approximate surface area is 108 Å². The quantitative estimate of drug-likeness (QED) is 0.722. The van der Waals surface area contributed by atoms with Gasteiger partial charge in [-0.2, -0.15) is 11.8 Å². The first kappa shape index (κ1) is 13.1. The predicted octanol–water partition coefficient (Wildman–Crippen LogP) is 3.24. The number of carbonyl (C=O) groups excluding carboxylic acids is 2. The van der Waals surface area contributed by atoms with E-state index in [9.17, 15) is 9.59 Å². The van der Waals surface area contributed by atoms with Crippen LogP contribution in [0, 0.1) is 11.8 Å². The largest absolute Gasteiger partial charge is 0.299 e. The zero-order valence-corrected chi connectivity index (χ0v) is 11.3. The Morgan fingerprint density at radius 1 is 0.824 bits per heavy atom. The number of Topliss-reactive ketones (excluding diaryl/α,β-unsaturated/α-hetero) is 2. The van der Waals surface area contributed by atoms with Crippen molar-refractivity contribution in [2.45, 2.75) is 51.4 Å². The minimum Gasteiger partial charge on any atom is -0.299 e. The van der Waals surface area contributed by atoms with Gasteiger partial charge in [-0.15, -0.1) is 0 Å². The van der Waals surface area contributed by atoms with Gasteiger partial charge in [0.15, 0.2) is 0 Å². The maximum absolute atomic E-state index is 12.0. The summed E-state index contributed by atoms with van der Waals surface area (Å²) < 4.78 is 0. The molecule has 1 saturated carbocycles. The Kier molecular flexibility index (Phi) is 5.08. The molecule has 2 rings (SSSR count). The highest BCUT2D eigenvalue weighted by Gasteiger charge is 2.27. The summed E-state index contributed by atoms with van der Waals surface area (Å²) in [4.78, 5) is 24.0. The van der Waals surface area contributed by atoms with E-state index in [1.807, 2.05) is 11.8 Å². The van der Waals surface area contributed by atoms with Gasteiger partial charge in [-0.25, -0.2) is 0 Å². The van der Waals surface area contributed by atoms with Crippen molar-refractivity contribution in [1.82, 2.24) is 0 Å². The lowest BCUT2D eigenvalue weighted by Gasteiger charge is -2.23. The molecule has 0 amide bonds. The lowest BCUT2D eigenvalue weighted by atomic mass is 9.83. The van der Waals surface area contributed by atoms with Crippen molar-refractivity contribution in [2.24, 2.45) is 11.8 Å². The third kappa shape index (κ3) is 3.84. The molecule has 0 aromatic carbocycles. The summed E-state index contributed by atoms with van der Waals surface area (Å²) in [6.07, 6.45) is 7.84. The van der Waals surface area contributed by atoms with Gasteiger partial charge in [-0.3, -0.25) is 9.59 Å². The number of rotatable bonds is 4. The molecule has 0 bridgehead atoms. The first-order valence-corrected chi connectivity index (χ1v) is 8.06. The summed E-state index contributed by atoms with van der Waals surface area (Å²) in [6, 6.07) is 0. The SMILES string of the molecule is O=C(CC(=O)C1CCSCC1)C1CCCCC1. The van der Waals surface area contributed by atoms with E-state index in [1.165, 1.54) is 19.3 Å². The standard InChI is InChI=1S/C14H22O2S/c15-13(11-4-2-1-3-5-11)10-14(16)12-6-8-17-9-7-12/h11-12H,1-10H2. The molecule has 2 aliphatic rings. The predicted molar refractivity (Wildman–Crippen MR) is 71.3 cm³/mol. The van der Waals surface area contributed by atoms with Gasteiger partial charge < -0.3 is 0 Å². The van der Waals surface area contributed by atoms with Gasteiger partial charge >= 0.3 is 0 Å². The van der Waals surface area contributed by atoms with E-state index in [0.29, 0.717) is 0 Å². The lowest BCUT2D eigenvalue weighted by Crippen LogP contribution is -2.26. The van der Waals surface area contributed by atoms with E-state index >= 15 is 0 Å². The third-order valence-electron chi connectivity index (χ3n) is 4.09. The van der Waals surface area contributed by atoms with E-state index in [-0.39, 0.29) is 29.8 Å². The minimum atomic E-state index is 0.184. The van der Waals surface area contributed by atoms with E-state index in [4.69, 9.17) is 0 Å². The van der Waals surface area contributed by atoms with E-state index in [2.05, 4.69) is 0 Å². The zero-order valence-electron chi connectivity index (χ0n) is 10.5. The number of hydrogen-bond donors (Lipinski definition) is 0. The van der Waals surface area contributed by atoms with Crippen LogP contribution in [0.3, 0.4) is 0 Å². The van der Waals surface area contributed by atoms with Gasteiger partial charge in [0, 0.05) is 11.8 Å². The highest BCUT2D eigenvalue weighted by Crippen LogP contribution is 2.28. The molecule has 2 fully saturated rings. The van der Waals surface area contributed by atoms with Crippen molar-refractivity contribution in [3.8, 4) is 0 Å². The Morgan fingerprint density at radius 2 is 1.35 bits per heavy atom. The molecule has 0 spiro atoms. The van der Waals surface area contributed by atoms with Crippen LogP contribution in [-0.4, -0.2) is 23.1 Å². The molecule has 0 N–H and O–H groups in total. The van der Waals surface area contributed by atoms with Gasteiger partial charge in [0.2, 0.25) is 0 Å². The monoisotopic (exact) mass is 254 g/mol. The number of hydrogen-bond acceptors (Lipinski definition) is 3. The topological polar surface area (TPSA) is 34.1 Å². The maximum Gasteiger partial charge on any atom is 0.143 e. The molecular weight excluding hydrogens is 232 g/mol. The molecular formula is C14H22O2S. The van der Waals surface area contributed by atoms with Gasteiger partial charge in [-0.05, 0) is 37.2 Å². The van der Waals surface area contributed by atoms with E-state index in [0.717, 1.165) is 37.2 Å². The van der Waals surface area contributed by atoms with Crippen LogP contribution in [0.5, 0.6) is 0 Å². The molecule has 1 aliphatic carbocycles. The number of ketones is 2. The smallest absolute Gasteiger partial charge is 0.143 e. The van der Waals surface area contributed by atoms with Gasteiger partial charge in [-0.1, -0.05) is 19.3 Å². The molecule has 0 radical (unpaired) electrons. The van der Waals surface area contributed by atoms with Crippen molar-refractivity contribution in [3.05, 3.63) is 0 Å². The summed E-state index contributed by atoms with van der Waals surface area (Å²) in [6.45, 7) is 0. The average Bonchev–Trinajstić information content (AvgIpc) is 2.40. The molecule has 1 heterocycles. The Morgan fingerprint density at radius 3 is 1.94 bits per heavy atom. The second-order valence-electron chi connectivity index (χ2n) is 5.33. The van der Waals surface area contributed by atoms with Crippen molar-refractivity contribution >= 4 is 23.3 Å². The molecule has 1 aliphatic heterocycles. The normalized spacial score (nSPS) is 23.5. The van der Waals surface area contributed by atoms with Crippen LogP contribution in [0.4, 0.5) is 0 Å². The Hall–Kier alpha value is -0.310. The average molecular weight is 254 g/mol. The number of thioether (sulfide) groups is 1. The molecule has 3 heteroatoms. The zero-order chi connectivity index (χ0) is 12.1. The second-order valence-corrected chi connectivity index (χ2v) is 6.56. The van der Waals surface area contributed by atoms with Crippen LogP contribution in [0.1, 0.15) is 51.4 Å². The van der Waals surface area contributed by atoms with Crippen LogP contribution in [0.25, 0.3) is 0 Å². The van der Waals surface area contributed by atoms with Crippen LogP contribution in [-0.2, 0) is 9.59 Å². The van der Waals surface area contributed by atoms with Crippen molar-refractivity contribution in [3.63, 3.8) is 0 Å². The lowest BCUT2D eigenvalue weighted by molar-refractivity contribution is -0.131. The second kappa shape index (κ2) is 6.58. The molecule has 1 saturated heterocycles. The highest BCUT2D eigenvalue weighted by atomic mass is 32.2. The summed E-state index contributed by atoms with van der Waals surface area (Å²) in [5.41, 5.74) is 0. The molecule has 0 unspecified atom stereocenters. The first-order valence-electron chi connectivity index (χ1n) is 6.90. The minimum absolute atomic E-state index is 0.184. The fraction of sp³-hybridized carbons (Fsp3) is 0.857. The summed E-state index contributed by atoms with van der Waals surface area (Å²) in [5, 5.41) is 0. The van der Waals surface area contributed by atoms with Crippen molar-refractivity contribution in [2.75, 3.05) is 11.5 Å². The fourth-order valence-corrected chi connectivity index (χ4v) is 4.01. The summed E-state index contributed by atoms with van der Waals surface area (Å²) in [7, 11) is 0. The van der Waals surface area contributed by atoms with Gasteiger partial charge in [0.25, 0.3) is 0 Å². The van der Waals surface area contributed by atoms with Crippen molar-refractivity contribution < 1.29 is 9.59 Å². The van der Waals surface area contributed by atoms with Crippen molar-refractivity contribution in [1.29, 1.82) is 0 Å². The Bertz CT molecular complexity index is 248. The van der Waals surface area contributed by atoms with Crippen LogP contribution < -0.4 is 0 Å². The Balaban J connectivity index is 1.78. The van der Waals surface area contributed by atoms with Gasteiger partial charge in [0.1, 0.15) is 11.6 Å². The van der Waals surface area contributed by atoms with Crippen LogP contribution in [0.15, 0.2) is 0 Å². The molecule has 0 aromatic rings. The molecule has 0 aromatic heterocycles. The highest BCUT2D eigenvalue weighted by molar-refractivity contribution is 7.99. The number of carbonyl (C=O) groups is 2. The van der Waals surface area contributed by atoms with Gasteiger partial charge in [0.05, 0.1) is 6.42 Å². The van der Waals surface area contributed by atoms with Crippen LogP contribution in [0.2, 0.25) is 0 Å². The van der Waals surface area contributed by atoms with E-state index in [1.54, 1.807) is 0 Å². The first-order chi connectivity index (χ1) is 8.27. The van der Waals surface area contributed by atoms with Crippen LogP contribution >= 0.6 is 11.8 Å². The molecule has 2 nitrogen and oxygen atoms in total. The molecule has 17 heavy (non-hydrogen) atoms.